The van der Waals surface area contributed by atoms with Crippen LogP contribution in [0.3, 0.4) is 0 Å². The van der Waals surface area contributed by atoms with Crippen LogP contribution < -0.4 is 5.73 Å². The molecule has 1 aromatic rings. The Hall–Kier alpha value is -0.720. The number of nitrogens with zero attached hydrogens (tertiary/aromatic N) is 1. The average Bonchev–Trinajstić information content (AvgIpc) is 2.95. The topological polar surface area (TPSA) is 55.6 Å². The molecule has 1 amide bonds. The van der Waals surface area contributed by atoms with Crippen LogP contribution in [0.4, 0.5) is 5.69 Å². The van der Waals surface area contributed by atoms with Crippen molar-refractivity contribution in [1.82, 2.24) is 4.90 Å². The number of anilines is 1. The molecule has 1 aromatic carbocycles. The van der Waals surface area contributed by atoms with Crippen LogP contribution in [0.15, 0.2) is 22.7 Å². The quantitative estimate of drug-likeness (QED) is 0.822. The van der Waals surface area contributed by atoms with Crippen LogP contribution in [-0.2, 0) is 4.74 Å². The Morgan fingerprint density at radius 1 is 1.60 bits per heavy atom. The zero-order valence-electron chi connectivity index (χ0n) is 11.5. The van der Waals surface area contributed by atoms with Crippen LogP contribution in [0.25, 0.3) is 0 Å². The summed E-state index contributed by atoms with van der Waals surface area (Å²) in [7, 11) is 1.65. The molecule has 2 N–H and O–H groups in total. The second kappa shape index (κ2) is 7.33. The highest BCUT2D eigenvalue weighted by Crippen LogP contribution is 2.26. The molecular weight excluding hydrogens is 340 g/mol. The number of thioether (sulfide) groups is 1. The van der Waals surface area contributed by atoms with Crippen molar-refractivity contribution in [3.63, 3.8) is 0 Å². The van der Waals surface area contributed by atoms with Crippen LogP contribution in [-0.4, -0.2) is 48.6 Å². The molecule has 4 nitrogen and oxygen atoms in total. The predicted molar refractivity (Wildman–Crippen MR) is 87.2 cm³/mol. The largest absolute Gasteiger partial charge is 0.398 e. The van der Waals surface area contributed by atoms with E-state index in [9.17, 15) is 4.79 Å². The van der Waals surface area contributed by atoms with E-state index in [2.05, 4.69) is 15.9 Å². The summed E-state index contributed by atoms with van der Waals surface area (Å²) in [5.41, 5.74) is 7.03. The standard InChI is InChI=1S/C14H19BrN2O2S/c1-19-6-5-17(11-4-7-20-9-11)14(18)12-8-10(15)2-3-13(12)16/h2-3,8,11H,4-7,9,16H2,1H3. The summed E-state index contributed by atoms with van der Waals surface area (Å²) in [6.45, 7) is 1.15. The number of carbonyl (C=O) groups is 1. The Morgan fingerprint density at radius 3 is 3.05 bits per heavy atom. The number of hydrogen-bond donors (Lipinski definition) is 1. The minimum absolute atomic E-state index is 0.00616. The van der Waals surface area contributed by atoms with Crippen molar-refractivity contribution in [3.05, 3.63) is 28.2 Å². The number of hydrogen-bond acceptors (Lipinski definition) is 4. The molecule has 0 saturated carbocycles. The fraction of sp³-hybridized carbons (Fsp3) is 0.500. The predicted octanol–water partition coefficient (Wildman–Crippen LogP) is 2.63. The molecule has 1 fully saturated rings. The van der Waals surface area contributed by atoms with E-state index in [1.165, 1.54) is 0 Å². The molecule has 0 aliphatic carbocycles. The lowest BCUT2D eigenvalue weighted by Gasteiger charge is -2.29. The van der Waals surface area contributed by atoms with Gasteiger partial charge in [-0.3, -0.25) is 4.79 Å². The molecule has 1 heterocycles. The summed E-state index contributed by atoms with van der Waals surface area (Å²) < 4.78 is 5.99. The molecule has 0 aromatic heterocycles. The lowest BCUT2D eigenvalue weighted by Crippen LogP contribution is -2.42. The number of halogens is 1. The van der Waals surface area contributed by atoms with Gasteiger partial charge in [0.2, 0.25) is 0 Å². The maximum Gasteiger partial charge on any atom is 0.256 e. The summed E-state index contributed by atoms with van der Waals surface area (Å²) in [4.78, 5) is 14.7. The van der Waals surface area contributed by atoms with E-state index in [4.69, 9.17) is 10.5 Å². The lowest BCUT2D eigenvalue weighted by molar-refractivity contribution is 0.0625. The molecule has 1 unspecified atom stereocenters. The first-order valence-electron chi connectivity index (χ1n) is 6.56. The average molecular weight is 359 g/mol. The van der Waals surface area contributed by atoms with Crippen molar-refractivity contribution in [1.29, 1.82) is 0 Å². The zero-order valence-corrected chi connectivity index (χ0v) is 13.9. The van der Waals surface area contributed by atoms with Gasteiger partial charge in [0.15, 0.2) is 0 Å². The van der Waals surface area contributed by atoms with Gasteiger partial charge in [-0.15, -0.1) is 0 Å². The van der Waals surface area contributed by atoms with Crippen molar-refractivity contribution >= 4 is 39.3 Å². The van der Waals surface area contributed by atoms with E-state index in [-0.39, 0.29) is 11.9 Å². The molecule has 1 aliphatic heterocycles. The Balaban J connectivity index is 2.22. The van der Waals surface area contributed by atoms with E-state index >= 15 is 0 Å². The maximum atomic E-state index is 12.8. The first-order chi connectivity index (χ1) is 9.63. The van der Waals surface area contributed by atoms with Gasteiger partial charge in [0.05, 0.1) is 12.2 Å². The zero-order chi connectivity index (χ0) is 14.5. The molecule has 0 radical (unpaired) electrons. The fourth-order valence-corrected chi connectivity index (χ4v) is 3.86. The maximum absolute atomic E-state index is 12.8. The fourth-order valence-electron chi connectivity index (χ4n) is 2.28. The number of nitrogen functional groups attached to an aromatic ring is 1. The molecule has 0 bridgehead atoms. The van der Waals surface area contributed by atoms with Gasteiger partial charge in [0.25, 0.3) is 5.91 Å². The number of carbonyl (C=O) groups excluding carboxylic acids is 1. The number of nitrogens with two attached hydrogens (primary N) is 1. The van der Waals surface area contributed by atoms with Crippen molar-refractivity contribution in [2.45, 2.75) is 12.5 Å². The van der Waals surface area contributed by atoms with Crippen LogP contribution in [0, 0.1) is 0 Å². The van der Waals surface area contributed by atoms with E-state index in [1.807, 2.05) is 22.7 Å². The van der Waals surface area contributed by atoms with Crippen molar-refractivity contribution in [2.24, 2.45) is 0 Å². The first-order valence-corrected chi connectivity index (χ1v) is 8.51. The summed E-state index contributed by atoms with van der Waals surface area (Å²) >= 11 is 5.28. The van der Waals surface area contributed by atoms with Gasteiger partial charge in [-0.05, 0) is 30.4 Å². The third-order valence-corrected chi connectivity index (χ3v) is 5.03. The number of rotatable bonds is 5. The minimum Gasteiger partial charge on any atom is -0.398 e. The normalized spacial score (nSPS) is 18.2. The van der Waals surface area contributed by atoms with Gasteiger partial charge in [0.1, 0.15) is 0 Å². The van der Waals surface area contributed by atoms with Gasteiger partial charge in [-0.2, -0.15) is 11.8 Å². The number of benzene rings is 1. The second-order valence-corrected chi connectivity index (χ2v) is 6.81. The number of ether oxygens (including phenoxy) is 1. The smallest absolute Gasteiger partial charge is 0.256 e. The van der Waals surface area contributed by atoms with Gasteiger partial charge in [-0.1, -0.05) is 15.9 Å². The molecule has 1 saturated heterocycles. The van der Waals surface area contributed by atoms with Crippen molar-refractivity contribution in [3.8, 4) is 0 Å². The lowest BCUT2D eigenvalue weighted by atomic mass is 10.1. The molecular formula is C14H19BrN2O2S. The summed E-state index contributed by atoms with van der Waals surface area (Å²) in [5, 5.41) is 0. The first kappa shape index (κ1) is 15.7. The Bertz CT molecular complexity index is 478. The Kier molecular flexibility index (Phi) is 5.74. The summed E-state index contributed by atoms with van der Waals surface area (Å²) in [6, 6.07) is 5.67. The SMILES string of the molecule is COCCN(C(=O)c1cc(Br)ccc1N)C1CCSC1. The van der Waals surface area contributed by atoms with Crippen LogP contribution in [0.5, 0.6) is 0 Å². The van der Waals surface area contributed by atoms with Gasteiger partial charge in [0, 0.05) is 35.6 Å². The van der Waals surface area contributed by atoms with E-state index in [1.54, 1.807) is 19.2 Å². The highest BCUT2D eigenvalue weighted by Gasteiger charge is 2.28. The second-order valence-electron chi connectivity index (χ2n) is 4.74. The van der Waals surface area contributed by atoms with E-state index < -0.39 is 0 Å². The van der Waals surface area contributed by atoms with E-state index in [0.29, 0.717) is 24.4 Å². The Morgan fingerprint density at radius 2 is 2.40 bits per heavy atom. The third kappa shape index (κ3) is 3.68. The van der Waals surface area contributed by atoms with Crippen molar-refractivity contribution in [2.75, 3.05) is 37.5 Å². The molecule has 1 aliphatic rings. The van der Waals surface area contributed by atoms with Gasteiger partial charge < -0.3 is 15.4 Å². The summed E-state index contributed by atoms with van der Waals surface area (Å²) in [5.74, 6) is 2.09. The molecule has 0 spiro atoms. The molecule has 1 atom stereocenters. The van der Waals surface area contributed by atoms with Crippen LogP contribution in [0.1, 0.15) is 16.8 Å². The molecule has 20 heavy (non-hydrogen) atoms. The number of methoxy groups -OCH3 is 1. The highest BCUT2D eigenvalue weighted by molar-refractivity contribution is 9.10. The van der Waals surface area contributed by atoms with Gasteiger partial charge >= 0.3 is 0 Å². The summed E-state index contributed by atoms with van der Waals surface area (Å²) in [6.07, 6.45) is 1.04. The van der Waals surface area contributed by atoms with Crippen LogP contribution in [0.2, 0.25) is 0 Å². The van der Waals surface area contributed by atoms with Crippen LogP contribution >= 0.6 is 27.7 Å². The molecule has 2 rings (SSSR count). The monoisotopic (exact) mass is 358 g/mol. The van der Waals surface area contributed by atoms with E-state index in [0.717, 1.165) is 22.4 Å². The number of amides is 1. The highest BCUT2D eigenvalue weighted by atomic mass is 79.9. The molecule has 6 heteroatoms. The minimum atomic E-state index is -0.00616. The van der Waals surface area contributed by atoms with Crippen molar-refractivity contribution < 1.29 is 9.53 Å². The Labute approximate surface area is 132 Å². The third-order valence-electron chi connectivity index (χ3n) is 3.39. The molecule has 110 valence electrons. The van der Waals surface area contributed by atoms with Gasteiger partial charge in [-0.25, -0.2) is 0 Å².